The van der Waals surface area contributed by atoms with Gasteiger partial charge in [-0.1, -0.05) is 18.2 Å². The van der Waals surface area contributed by atoms with E-state index in [1.165, 1.54) is 10.9 Å². The molecule has 5 rings (SSSR count). The molecule has 30 heavy (non-hydrogen) atoms. The predicted molar refractivity (Wildman–Crippen MR) is 118 cm³/mol. The summed E-state index contributed by atoms with van der Waals surface area (Å²) in [5, 5.41) is 1.21. The molecule has 2 aromatic heterocycles. The summed E-state index contributed by atoms with van der Waals surface area (Å²) in [4.78, 5) is 25.6. The first kappa shape index (κ1) is 19.0. The number of rotatable bonds is 4. The van der Waals surface area contributed by atoms with E-state index in [9.17, 15) is 4.79 Å². The van der Waals surface area contributed by atoms with Gasteiger partial charge in [0.1, 0.15) is 5.75 Å². The molecule has 2 saturated heterocycles. The number of aromatic nitrogens is 2. The molecule has 0 atom stereocenters. The number of aromatic amines is 1. The number of amides is 1. The fourth-order valence-corrected chi connectivity index (χ4v) is 5.12. The zero-order valence-corrected chi connectivity index (χ0v) is 17.4. The second kappa shape index (κ2) is 7.67. The largest absolute Gasteiger partial charge is 0.495 e. The third-order valence-corrected chi connectivity index (χ3v) is 6.88. The summed E-state index contributed by atoms with van der Waals surface area (Å²) < 4.78 is 5.31. The maximum Gasteiger partial charge on any atom is 0.229 e. The number of methoxy groups -OCH3 is 1. The maximum absolute atomic E-state index is 13.6. The Balaban J connectivity index is 1.30. The zero-order valence-electron chi connectivity index (χ0n) is 17.4. The van der Waals surface area contributed by atoms with Crippen molar-refractivity contribution in [1.29, 1.82) is 0 Å². The summed E-state index contributed by atoms with van der Waals surface area (Å²) in [6.07, 6.45) is 9.53. The minimum absolute atomic E-state index is 0.215. The fourth-order valence-electron chi connectivity index (χ4n) is 5.12. The van der Waals surface area contributed by atoms with Crippen LogP contribution in [0.3, 0.4) is 0 Å². The monoisotopic (exact) mass is 404 g/mol. The number of nitrogens with one attached hydrogen (secondary N) is 1. The molecule has 1 aromatic carbocycles. The molecular weight excluding hydrogens is 376 g/mol. The van der Waals surface area contributed by atoms with E-state index in [4.69, 9.17) is 4.74 Å². The van der Waals surface area contributed by atoms with E-state index in [0.29, 0.717) is 12.5 Å². The van der Waals surface area contributed by atoms with E-state index < -0.39 is 0 Å². The maximum atomic E-state index is 13.6. The molecule has 2 aliphatic heterocycles. The molecule has 0 saturated carbocycles. The van der Waals surface area contributed by atoms with E-state index in [1.807, 2.05) is 18.3 Å². The van der Waals surface area contributed by atoms with Crippen molar-refractivity contribution in [2.75, 3.05) is 31.6 Å². The van der Waals surface area contributed by atoms with Crippen molar-refractivity contribution in [3.05, 3.63) is 54.5 Å². The van der Waals surface area contributed by atoms with Crippen LogP contribution in [0.1, 0.15) is 31.2 Å². The fraction of sp³-hybridized carbons (Fsp3) is 0.417. The van der Waals surface area contributed by atoms with Crippen molar-refractivity contribution in [1.82, 2.24) is 14.9 Å². The average molecular weight is 405 g/mol. The number of benzene rings is 1. The van der Waals surface area contributed by atoms with E-state index >= 15 is 0 Å². The van der Waals surface area contributed by atoms with Gasteiger partial charge in [-0.15, -0.1) is 0 Å². The number of nitrogens with zero attached hydrogens (tertiary/aromatic N) is 3. The summed E-state index contributed by atoms with van der Waals surface area (Å²) in [5.41, 5.74) is 3.19. The van der Waals surface area contributed by atoms with Crippen molar-refractivity contribution in [3.8, 4) is 5.75 Å². The number of para-hydroxylation sites is 1. The zero-order chi connectivity index (χ0) is 20.6. The van der Waals surface area contributed by atoms with Crippen molar-refractivity contribution in [2.45, 2.75) is 32.2 Å². The summed E-state index contributed by atoms with van der Waals surface area (Å²) >= 11 is 0. The lowest BCUT2D eigenvalue weighted by Crippen LogP contribution is -2.53. The standard InChI is InChI=1S/C24H28N4O2/c1-30-20-13-19(15-25-16-20)27-11-8-24(9-12-27)7-4-10-28(23(24)29)17-18-14-26-22-6-3-2-5-21(18)22/h2-3,5-6,13-16,26H,4,7-12,17H2,1H3. The number of hydrogen-bond acceptors (Lipinski definition) is 4. The first-order chi connectivity index (χ1) is 14.7. The Kier molecular flexibility index (Phi) is 4.85. The highest BCUT2D eigenvalue weighted by molar-refractivity contribution is 5.86. The van der Waals surface area contributed by atoms with Gasteiger partial charge in [0, 0.05) is 49.3 Å². The molecule has 6 heteroatoms. The second-order valence-electron chi connectivity index (χ2n) is 8.54. The number of anilines is 1. The van der Waals surface area contributed by atoms with Crippen molar-refractivity contribution >= 4 is 22.5 Å². The lowest BCUT2D eigenvalue weighted by Gasteiger charge is -2.47. The van der Waals surface area contributed by atoms with Crippen LogP contribution in [-0.2, 0) is 11.3 Å². The summed E-state index contributed by atoms with van der Waals surface area (Å²) in [5.74, 6) is 1.11. The third kappa shape index (κ3) is 3.30. The number of pyridine rings is 1. The van der Waals surface area contributed by atoms with E-state index in [2.05, 4.69) is 44.2 Å². The molecule has 4 heterocycles. The van der Waals surface area contributed by atoms with Gasteiger partial charge in [-0.05, 0) is 37.3 Å². The van der Waals surface area contributed by atoms with Gasteiger partial charge >= 0.3 is 0 Å². The molecule has 0 aliphatic carbocycles. The Hall–Kier alpha value is -3.02. The van der Waals surface area contributed by atoms with Crippen molar-refractivity contribution in [3.63, 3.8) is 0 Å². The SMILES string of the molecule is COc1cncc(N2CCC3(CCCN(Cc4c[nH]c5ccccc45)C3=O)CC2)c1. The normalized spacial score (nSPS) is 18.9. The number of fused-ring (bicyclic) bond motifs is 1. The van der Waals surface area contributed by atoms with Gasteiger partial charge in [0.25, 0.3) is 0 Å². The Morgan fingerprint density at radius 1 is 1.13 bits per heavy atom. The molecule has 0 radical (unpaired) electrons. The molecule has 0 unspecified atom stereocenters. The van der Waals surface area contributed by atoms with Gasteiger partial charge < -0.3 is 19.5 Å². The van der Waals surface area contributed by atoms with E-state index in [-0.39, 0.29) is 5.41 Å². The summed E-state index contributed by atoms with van der Waals surface area (Å²) in [6.45, 7) is 3.29. The van der Waals surface area contributed by atoms with Gasteiger partial charge in [-0.25, -0.2) is 0 Å². The van der Waals surface area contributed by atoms with Crippen LogP contribution < -0.4 is 9.64 Å². The molecule has 2 fully saturated rings. The van der Waals surface area contributed by atoms with Crippen LogP contribution in [0.25, 0.3) is 10.9 Å². The number of carbonyl (C=O) groups is 1. The number of carbonyl (C=O) groups excluding carboxylic acids is 1. The van der Waals surface area contributed by atoms with Gasteiger partial charge in [0.2, 0.25) is 5.91 Å². The number of piperidine rings is 2. The number of likely N-dealkylation sites (tertiary alicyclic amines) is 1. The highest BCUT2D eigenvalue weighted by Crippen LogP contribution is 2.42. The van der Waals surface area contributed by atoms with E-state index in [0.717, 1.165) is 62.3 Å². The smallest absolute Gasteiger partial charge is 0.229 e. The number of hydrogen-bond donors (Lipinski definition) is 1. The summed E-state index contributed by atoms with van der Waals surface area (Å²) in [7, 11) is 1.66. The van der Waals surface area contributed by atoms with Gasteiger partial charge in [0.15, 0.2) is 0 Å². The quantitative estimate of drug-likeness (QED) is 0.715. The highest BCUT2D eigenvalue weighted by atomic mass is 16.5. The molecule has 1 N–H and O–H groups in total. The third-order valence-electron chi connectivity index (χ3n) is 6.88. The molecule has 3 aromatic rings. The molecule has 6 nitrogen and oxygen atoms in total. The molecule has 0 bridgehead atoms. The lowest BCUT2D eigenvalue weighted by molar-refractivity contribution is -0.148. The van der Waals surface area contributed by atoms with Crippen LogP contribution >= 0.6 is 0 Å². The number of ether oxygens (including phenoxy) is 1. The van der Waals surface area contributed by atoms with Crippen LogP contribution in [0.4, 0.5) is 5.69 Å². The first-order valence-corrected chi connectivity index (χ1v) is 10.8. The first-order valence-electron chi connectivity index (χ1n) is 10.8. The summed E-state index contributed by atoms with van der Waals surface area (Å²) in [6, 6.07) is 10.3. The van der Waals surface area contributed by atoms with Crippen LogP contribution in [0.15, 0.2) is 48.9 Å². The lowest BCUT2D eigenvalue weighted by atomic mass is 9.71. The van der Waals surface area contributed by atoms with Crippen LogP contribution in [0.5, 0.6) is 5.75 Å². The van der Waals surface area contributed by atoms with Crippen LogP contribution in [0, 0.1) is 5.41 Å². The Morgan fingerprint density at radius 3 is 2.80 bits per heavy atom. The molecule has 1 amide bonds. The van der Waals surface area contributed by atoms with Gasteiger partial charge in [-0.2, -0.15) is 0 Å². The van der Waals surface area contributed by atoms with Gasteiger partial charge in [-0.3, -0.25) is 9.78 Å². The second-order valence-corrected chi connectivity index (χ2v) is 8.54. The Labute approximate surface area is 176 Å². The predicted octanol–water partition coefficient (Wildman–Crippen LogP) is 3.98. The number of H-pyrrole nitrogens is 1. The van der Waals surface area contributed by atoms with Crippen molar-refractivity contribution in [2.24, 2.45) is 5.41 Å². The Morgan fingerprint density at radius 2 is 1.97 bits per heavy atom. The highest BCUT2D eigenvalue weighted by Gasteiger charge is 2.45. The van der Waals surface area contributed by atoms with E-state index in [1.54, 1.807) is 13.3 Å². The van der Waals surface area contributed by atoms with Crippen molar-refractivity contribution < 1.29 is 9.53 Å². The average Bonchev–Trinajstić information content (AvgIpc) is 3.20. The van der Waals surface area contributed by atoms with Crippen LogP contribution in [0.2, 0.25) is 0 Å². The molecule has 2 aliphatic rings. The topological polar surface area (TPSA) is 61.5 Å². The minimum atomic E-state index is -0.215. The van der Waals surface area contributed by atoms with Crippen LogP contribution in [-0.4, -0.2) is 47.5 Å². The minimum Gasteiger partial charge on any atom is -0.495 e. The molecular formula is C24H28N4O2. The molecule has 1 spiro atoms. The molecule has 156 valence electrons. The Bertz CT molecular complexity index is 1050. The van der Waals surface area contributed by atoms with Gasteiger partial charge in [0.05, 0.1) is 30.6 Å².